The molecule has 32 heavy (non-hydrogen) atoms. The van der Waals surface area contributed by atoms with Crippen molar-refractivity contribution in [3.05, 3.63) is 149 Å². The van der Waals surface area contributed by atoms with Gasteiger partial charge in [0.1, 0.15) is 0 Å². The molecule has 1 aromatic heterocycles. The van der Waals surface area contributed by atoms with E-state index in [0.717, 1.165) is 16.3 Å². The Kier molecular flexibility index (Phi) is 4.45. The van der Waals surface area contributed by atoms with Crippen molar-refractivity contribution in [2.45, 2.75) is 5.41 Å². The fourth-order valence-corrected chi connectivity index (χ4v) is 5.38. The third-order valence-corrected chi connectivity index (χ3v) is 6.70. The molecule has 5 aromatic rings. The molecule has 0 saturated carbocycles. The van der Waals surface area contributed by atoms with Crippen molar-refractivity contribution >= 4 is 11.6 Å². The summed E-state index contributed by atoms with van der Waals surface area (Å²) in [6.07, 6.45) is 1.84. The quantitative estimate of drug-likeness (QED) is 0.280. The predicted octanol–water partition coefficient (Wildman–Crippen LogP) is 7.77. The normalized spacial score (nSPS) is 13.4. The Hall–Kier alpha value is -3.68. The highest BCUT2D eigenvalue weighted by molar-refractivity contribution is 6.30. The lowest BCUT2D eigenvalue weighted by Gasteiger charge is -2.34. The van der Waals surface area contributed by atoms with Crippen molar-refractivity contribution in [3.63, 3.8) is 0 Å². The van der Waals surface area contributed by atoms with E-state index in [-0.39, 0.29) is 0 Å². The molecule has 0 amide bonds. The summed E-state index contributed by atoms with van der Waals surface area (Å²) in [5.74, 6) is 0. The molecule has 2 heteroatoms. The minimum Gasteiger partial charge on any atom is -0.256 e. The fraction of sp³-hybridized carbons (Fsp3) is 0.0333. The summed E-state index contributed by atoms with van der Waals surface area (Å²) in [7, 11) is 0. The molecule has 0 N–H and O–H groups in total. The molecule has 0 aliphatic heterocycles. The zero-order valence-corrected chi connectivity index (χ0v) is 18.1. The van der Waals surface area contributed by atoms with Gasteiger partial charge >= 0.3 is 0 Å². The molecule has 0 spiro atoms. The maximum Gasteiger partial charge on any atom is 0.0714 e. The number of pyridine rings is 1. The standard InChI is InChI=1S/C30H20ClN/c31-24-12-8-11-23(20-24)30(22-10-7-9-21(19-22)29-17-5-6-18-32-29)27-15-3-1-13-25(27)26-14-2-4-16-28(26)30/h1-20H. The first kappa shape index (κ1) is 19.0. The van der Waals surface area contributed by atoms with Gasteiger partial charge in [-0.05, 0) is 63.7 Å². The van der Waals surface area contributed by atoms with Gasteiger partial charge < -0.3 is 0 Å². The molecule has 1 aliphatic carbocycles. The minimum absolute atomic E-state index is 0.455. The molecular weight excluding hydrogens is 410 g/mol. The maximum atomic E-state index is 6.54. The van der Waals surface area contributed by atoms with Crippen LogP contribution in [0.25, 0.3) is 22.4 Å². The van der Waals surface area contributed by atoms with Crippen molar-refractivity contribution < 1.29 is 0 Å². The third kappa shape index (κ3) is 2.75. The van der Waals surface area contributed by atoms with Crippen LogP contribution in [0.2, 0.25) is 5.02 Å². The van der Waals surface area contributed by atoms with Gasteiger partial charge in [-0.2, -0.15) is 0 Å². The van der Waals surface area contributed by atoms with Crippen LogP contribution in [0, 0.1) is 0 Å². The average molecular weight is 430 g/mol. The Morgan fingerprint density at radius 1 is 0.562 bits per heavy atom. The number of rotatable bonds is 3. The largest absolute Gasteiger partial charge is 0.256 e. The topological polar surface area (TPSA) is 12.9 Å². The highest BCUT2D eigenvalue weighted by atomic mass is 35.5. The van der Waals surface area contributed by atoms with Crippen LogP contribution < -0.4 is 0 Å². The van der Waals surface area contributed by atoms with Crippen LogP contribution in [-0.2, 0) is 5.41 Å². The van der Waals surface area contributed by atoms with Crippen LogP contribution in [0.5, 0.6) is 0 Å². The summed E-state index contributed by atoms with van der Waals surface area (Å²) in [5, 5.41) is 0.740. The lowest BCUT2D eigenvalue weighted by Crippen LogP contribution is -2.28. The molecule has 152 valence electrons. The van der Waals surface area contributed by atoms with Gasteiger partial charge in [0.25, 0.3) is 0 Å². The van der Waals surface area contributed by atoms with E-state index in [1.54, 1.807) is 0 Å². The first-order chi connectivity index (χ1) is 15.8. The zero-order valence-electron chi connectivity index (χ0n) is 17.4. The van der Waals surface area contributed by atoms with Gasteiger partial charge in [0.05, 0.1) is 11.1 Å². The minimum atomic E-state index is -0.455. The molecule has 0 saturated heterocycles. The molecule has 4 aromatic carbocycles. The van der Waals surface area contributed by atoms with E-state index < -0.39 is 5.41 Å². The summed E-state index contributed by atoms with van der Waals surface area (Å²) >= 11 is 6.54. The van der Waals surface area contributed by atoms with Gasteiger partial charge in [0.2, 0.25) is 0 Å². The Bertz CT molecular complexity index is 1390. The van der Waals surface area contributed by atoms with Crippen LogP contribution in [0.1, 0.15) is 22.3 Å². The van der Waals surface area contributed by atoms with E-state index in [2.05, 4.69) is 96.0 Å². The third-order valence-electron chi connectivity index (χ3n) is 6.47. The summed E-state index contributed by atoms with van der Waals surface area (Å²) in [4.78, 5) is 4.59. The van der Waals surface area contributed by atoms with Gasteiger partial charge in [-0.15, -0.1) is 0 Å². The number of hydrogen-bond donors (Lipinski definition) is 0. The van der Waals surface area contributed by atoms with Crippen molar-refractivity contribution in [2.24, 2.45) is 0 Å². The number of aromatic nitrogens is 1. The van der Waals surface area contributed by atoms with Crippen LogP contribution in [0.15, 0.2) is 121 Å². The van der Waals surface area contributed by atoms with E-state index in [1.165, 1.54) is 33.4 Å². The Balaban J connectivity index is 1.73. The predicted molar refractivity (Wildman–Crippen MR) is 132 cm³/mol. The molecule has 0 bridgehead atoms. The number of fused-ring (bicyclic) bond motifs is 3. The molecule has 0 radical (unpaired) electrons. The van der Waals surface area contributed by atoms with Crippen molar-refractivity contribution in [3.8, 4) is 22.4 Å². The molecule has 6 rings (SSSR count). The molecule has 0 unspecified atom stereocenters. The molecule has 1 aliphatic rings. The van der Waals surface area contributed by atoms with E-state index in [1.807, 2.05) is 30.5 Å². The Morgan fingerprint density at radius 2 is 1.19 bits per heavy atom. The first-order valence-electron chi connectivity index (χ1n) is 10.8. The van der Waals surface area contributed by atoms with E-state index in [4.69, 9.17) is 11.6 Å². The van der Waals surface area contributed by atoms with Crippen LogP contribution in [-0.4, -0.2) is 4.98 Å². The van der Waals surface area contributed by atoms with Gasteiger partial charge in [0.15, 0.2) is 0 Å². The number of nitrogens with zero attached hydrogens (tertiary/aromatic N) is 1. The Labute approximate surface area is 193 Å². The number of hydrogen-bond acceptors (Lipinski definition) is 1. The number of halogens is 1. The van der Waals surface area contributed by atoms with Gasteiger partial charge in [-0.3, -0.25) is 4.98 Å². The average Bonchev–Trinajstić information content (AvgIpc) is 3.16. The monoisotopic (exact) mass is 429 g/mol. The second kappa shape index (κ2) is 7.47. The fourth-order valence-electron chi connectivity index (χ4n) is 5.19. The summed E-state index contributed by atoms with van der Waals surface area (Å²) in [5.41, 5.74) is 9.09. The van der Waals surface area contributed by atoms with Crippen LogP contribution >= 0.6 is 11.6 Å². The second-order valence-corrected chi connectivity index (χ2v) is 8.58. The van der Waals surface area contributed by atoms with Crippen LogP contribution in [0.3, 0.4) is 0 Å². The highest BCUT2D eigenvalue weighted by Gasteiger charge is 2.46. The molecule has 0 atom stereocenters. The summed E-state index contributed by atoms with van der Waals surface area (Å²) < 4.78 is 0. The first-order valence-corrected chi connectivity index (χ1v) is 11.1. The summed E-state index contributed by atoms with van der Waals surface area (Å²) in [6, 6.07) is 40.6. The van der Waals surface area contributed by atoms with E-state index >= 15 is 0 Å². The maximum absolute atomic E-state index is 6.54. The van der Waals surface area contributed by atoms with Crippen LogP contribution in [0.4, 0.5) is 0 Å². The molecule has 0 fully saturated rings. The molecule has 1 heterocycles. The molecular formula is C30H20ClN. The van der Waals surface area contributed by atoms with Gasteiger partial charge in [0, 0.05) is 16.8 Å². The lowest BCUT2D eigenvalue weighted by atomic mass is 9.67. The van der Waals surface area contributed by atoms with Crippen molar-refractivity contribution in [1.29, 1.82) is 0 Å². The molecule has 1 nitrogen and oxygen atoms in total. The number of benzene rings is 4. The Morgan fingerprint density at radius 3 is 1.84 bits per heavy atom. The smallest absolute Gasteiger partial charge is 0.0714 e. The SMILES string of the molecule is Clc1cccc(C2(c3cccc(-c4ccccn4)c3)c3ccccc3-c3ccccc32)c1. The highest BCUT2D eigenvalue weighted by Crippen LogP contribution is 2.56. The van der Waals surface area contributed by atoms with Crippen molar-refractivity contribution in [1.82, 2.24) is 4.98 Å². The van der Waals surface area contributed by atoms with E-state index in [9.17, 15) is 0 Å². The second-order valence-electron chi connectivity index (χ2n) is 8.15. The summed E-state index contributed by atoms with van der Waals surface area (Å²) in [6.45, 7) is 0. The lowest BCUT2D eigenvalue weighted by molar-refractivity contribution is 0.769. The zero-order chi connectivity index (χ0) is 21.5. The van der Waals surface area contributed by atoms with E-state index in [0.29, 0.717) is 0 Å². The van der Waals surface area contributed by atoms with Crippen molar-refractivity contribution in [2.75, 3.05) is 0 Å². The van der Waals surface area contributed by atoms with Gasteiger partial charge in [-0.25, -0.2) is 0 Å². The van der Waals surface area contributed by atoms with Gasteiger partial charge in [-0.1, -0.05) is 96.5 Å².